The smallest absolute Gasteiger partial charge is 0.224 e. The van der Waals surface area contributed by atoms with Crippen LogP contribution in [0.15, 0.2) is 6.20 Å². The molecule has 1 aliphatic rings. The minimum Gasteiger partial charge on any atom is -0.378 e. The van der Waals surface area contributed by atoms with Gasteiger partial charge in [-0.1, -0.05) is 18.5 Å². The maximum absolute atomic E-state index is 6.11. The van der Waals surface area contributed by atoms with Crippen LogP contribution in [0.5, 0.6) is 0 Å². The number of nitrogens with zero attached hydrogens (tertiary/aromatic N) is 2. The molecular weight excluding hydrogens is 276 g/mol. The van der Waals surface area contributed by atoms with Crippen molar-refractivity contribution in [3.63, 3.8) is 0 Å². The van der Waals surface area contributed by atoms with Gasteiger partial charge in [-0.2, -0.15) is 4.98 Å². The normalized spacial score (nSPS) is 18.8. The Hall–Kier alpha value is -1.07. The second kappa shape index (κ2) is 8.27. The number of anilines is 2. The van der Waals surface area contributed by atoms with Crippen molar-refractivity contribution in [3.05, 3.63) is 11.2 Å². The van der Waals surface area contributed by atoms with Gasteiger partial charge in [0.2, 0.25) is 5.95 Å². The van der Waals surface area contributed by atoms with Crippen LogP contribution < -0.4 is 10.6 Å². The third kappa shape index (κ3) is 4.80. The van der Waals surface area contributed by atoms with Crippen molar-refractivity contribution >= 4 is 23.4 Å². The van der Waals surface area contributed by atoms with E-state index >= 15 is 0 Å². The van der Waals surface area contributed by atoms with Crippen LogP contribution in [0.25, 0.3) is 0 Å². The van der Waals surface area contributed by atoms with E-state index in [2.05, 4.69) is 27.5 Å². The molecular formula is C14H23ClN4O. The van der Waals surface area contributed by atoms with Gasteiger partial charge in [-0.05, 0) is 32.1 Å². The monoisotopic (exact) mass is 298 g/mol. The van der Waals surface area contributed by atoms with Gasteiger partial charge in [0.15, 0.2) is 0 Å². The first kappa shape index (κ1) is 15.3. The molecule has 1 fully saturated rings. The molecule has 1 aromatic rings. The van der Waals surface area contributed by atoms with Gasteiger partial charge in [-0.3, -0.25) is 0 Å². The summed E-state index contributed by atoms with van der Waals surface area (Å²) in [5.41, 5.74) is 0. The predicted molar refractivity (Wildman–Crippen MR) is 82.5 cm³/mol. The highest BCUT2D eigenvalue weighted by atomic mass is 35.5. The molecule has 0 bridgehead atoms. The highest BCUT2D eigenvalue weighted by Crippen LogP contribution is 2.20. The molecule has 112 valence electrons. The Bertz CT molecular complexity index is 410. The van der Waals surface area contributed by atoms with Crippen LogP contribution in [0, 0.1) is 0 Å². The number of hydrogen-bond donors (Lipinski definition) is 2. The molecule has 1 atom stereocenters. The van der Waals surface area contributed by atoms with Gasteiger partial charge in [0.1, 0.15) is 10.8 Å². The summed E-state index contributed by atoms with van der Waals surface area (Å²) in [7, 11) is 0. The standard InChI is InChI=1S/C14H23ClN4O/c1-2-7-17-14-18-10-12(15)13(19-14)16-8-6-11-5-3-4-9-20-11/h10-11H,2-9H2,1H3,(H2,16,17,18,19). The highest BCUT2D eigenvalue weighted by molar-refractivity contribution is 6.32. The van der Waals surface area contributed by atoms with Crippen LogP contribution in [0.3, 0.4) is 0 Å². The average molecular weight is 299 g/mol. The van der Waals surface area contributed by atoms with E-state index in [-0.39, 0.29) is 0 Å². The van der Waals surface area contributed by atoms with Gasteiger partial charge in [-0.25, -0.2) is 4.98 Å². The van der Waals surface area contributed by atoms with Crippen molar-refractivity contribution in [1.29, 1.82) is 0 Å². The van der Waals surface area contributed by atoms with Crippen LogP contribution in [0.2, 0.25) is 5.02 Å². The molecule has 6 heteroatoms. The van der Waals surface area contributed by atoms with Gasteiger partial charge in [-0.15, -0.1) is 0 Å². The molecule has 1 saturated heterocycles. The van der Waals surface area contributed by atoms with Crippen molar-refractivity contribution in [2.75, 3.05) is 30.3 Å². The molecule has 1 aromatic heterocycles. The first-order chi connectivity index (χ1) is 9.79. The number of ether oxygens (including phenoxy) is 1. The number of halogens is 1. The summed E-state index contributed by atoms with van der Waals surface area (Å²) in [5.74, 6) is 1.31. The Labute approximate surface area is 125 Å². The van der Waals surface area contributed by atoms with Crippen molar-refractivity contribution in [2.45, 2.75) is 45.1 Å². The van der Waals surface area contributed by atoms with Gasteiger partial charge in [0.25, 0.3) is 0 Å². The van der Waals surface area contributed by atoms with E-state index in [0.29, 0.717) is 22.9 Å². The number of aromatic nitrogens is 2. The second-order valence-corrected chi connectivity index (χ2v) is 5.43. The lowest BCUT2D eigenvalue weighted by Gasteiger charge is -2.22. The van der Waals surface area contributed by atoms with Crippen molar-refractivity contribution in [2.24, 2.45) is 0 Å². The van der Waals surface area contributed by atoms with Crippen molar-refractivity contribution in [3.8, 4) is 0 Å². The molecule has 0 radical (unpaired) electrons. The van der Waals surface area contributed by atoms with E-state index in [1.54, 1.807) is 6.20 Å². The van der Waals surface area contributed by atoms with Crippen LogP contribution in [0.1, 0.15) is 39.0 Å². The summed E-state index contributed by atoms with van der Waals surface area (Å²) >= 11 is 6.11. The summed E-state index contributed by atoms with van der Waals surface area (Å²) in [6.07, 6.45) is 7.63. The second-order valence-electron chi connectivity index (χ2n) is 5.02. The first-order valence-corrected chi connectivity index (χ1v) is 7.79. The zero-order chi connectivity index (χ0) is 14.2. The van der Waals surface area contributed by atoms with E-state index in [9.17, 15) is 0 Å². The molecule has 5 nitrogen and oxygen atoms in total. The molecule has 1 unspecified atom stereocenters. The summed E-state index contributed by atoms with van der Waals surface area (Å²) in [6.45, 7) is 4.67. The van der Waals surface area contributed by atoms with E-state index in [4.69, 9.17) is 16.3 Å². The number of rotatable bonds is 7. The molecule has 0 amide bonds. The van der Waals surface area contributed by atoms with E-state index < -0.39 is 0 Å². The molecule has 0 saturated carbocycles. The lowest BCUT2D eigenvalue weighted by molar-refractivity contribution is 0.0134. The van der Waals surface area contributed by atoms with Crippen LogP contribution in [-0.2, 0) is 4.74 Å². The fourth-order valence-corrected chi connectivity index (χ4v) is 2.36. The first-order valence-electron chi connectivity index (χ1n) is 7.41. The summed E-state index contributed by atoms with van der Waals surface area (Å²) in [4.78, 5) is 8.54. The molecule has 1 aliphatic heterocycles. The summed E-state index contributed by atoms with van der Waals surface area (Å²) in [5, 5.41) is 6.98. The zero-order valence-corrected chi connectivity index (χ0v) is 12.7. The zero-order valence-electron chi connectivity index (χ0n) is 12.0. The Morgan fingerprint density at radius 3 is 3.00 bits per heavy atom. The molecule has 2 N–H and O–H groups in total. The van der Waals surface area contributed by atoms with E-state index in [1.807, 2.05) is 0 Å². The maximum atomic E-state index is 6.11. The topological polar surface area (TPSA) is 59.1 Å². The molecule has 2 heterocycles. The average Bonchev–Trinajstić information content (AvgIpc) is 2.49. The maximum Gasteiger partial charge on any atom is 0.224 e. The van der Waals surface area contributed by atoms with E-state index in [0.717, 1.165) is 39.0 Å². The van der Waals surface area contributed by atoms with Gasteiger partial charge >= 0.3 is 0 Å². The highest BCUT2D eigenvalue weighted by Gasteiger charge is 2.13. The van der Waals surface area contributed by atoms with Crippen LogP contribution in [0.4, 0.5) is 11.8 Å². The molecule has 2 rings (SSSR count). The van der Waals surface area contributed by atoms with Crippen molar-refractivity contribution < 1.29 is 4.74 Å². The van der Waals surface area contributed by atoms with Gasteiger partial charge in [0.05, 0.1) is 12.3 Å². The fourth-order valence-electron chi connectivity index (χ4n) is 2.20. The Kier molecular flexibility index (Phi) is 6.33. The predicted octanol–water partition coefficient (Wildman–Crippen LogP) is 3.32. The van der Waals surface area contributed by atoms with Crippen LogP contribution in [-0.4, -0.2) is 35.8 Å². The number of hydrogen-bond acceptors (Lipinski definition) is 5. The lowest BCUT2D eigenvalue weighted by atomic mass is 10.1. The Morgan fingerprint density at radius 2 is 2.25 bits per heavy atom. The lowest BCUT2D eigenvalue weighted by Crippen LogP contribution is -2.22. The number of nitrogens with one attached hydrogen (secondary N) is 2. The molecule has 20 heavy (non-hydrogen) atoms. The Morgan fingerprint density at radius 1 is 1.35 bits per heavy atom. The van der Waals surface area contributed by atoms with Gasteiger partial charge in [0, 0.05) is 19.7 Å². The summed E-state index contributed by atoms with van der Waals surface area (Å²) < 4.78 is 5.70. The third-order valence-electron chi connectivity index (χ3n) is 3.31. The van der Waals surface area contributed by atoms with Gasteiger partial charge < -0.3 is 15.4 Å². The fraction of sp³-hybridized carbons (Fsp3) is 0.714. The minimum atomic E-state index is 0.370. The SMILES string of the molecule is CCCNc1ncc(Cl)c(NCCC2CCCCO2)n1. The minimum absolute atomic E-state index is 0.370. The van der Waals surface area contributed by atoms with Crippen molar-refractivity contribution in [1.82, 2.24) is 9.97 Å². The Balaban J connectivity index is 1.81. The van der Waals surface area contributed by atoms with E-state index in [1.165, 1.54) is 12.8 Å². The molecule has 0 aromatic carbocycles. The quantitative estimate of drug-likeness (QED) is 0.808. The summed E-state index contributed by atoms with van der Waals surface area (Å²) in [6, 6.07) is 0. The third-order valence-corrected chi connectivity index (χ3v) is 3.59. The van der Waals surface area contributed by atoms with Crippen LogP contribution >= 0.6 is 11.6 Å². The largest absolute Gasteiger partial charge is 0.378 e. The molecule has 0 aliphatic carbocycles. The molecule has 0 spiro atoms.